The quantitative estimate of drug-likeness (QED) is 0.879. The number of hydrogen-bond donors (Lipinski definition) is 1. The molecule has 4 nitrogen and oxygen atoms in total. The number of imidazole rings is 1. The summed E-state index contributed by atoms with van der Waals surface area (Å²) < 4.78 is 39.8. The van der Waals surface area contributed by atoms with Gasteiger partial charge in [0.1, 0.15) is 0 Å². The molecule has 0 amide bonds. The minimum Gasteiger partial charge on any atom is -0.481 e. The van der Waals surface area contributed by atoms with Crippen LogP contribution in [0.4, 0.5) is 13.2 Å². The Hall–Kier alpha value is -1.96. The number of aryl methyl sites for hydroxylation is 1. The van der Waals surface area contributed by atoms with E-state index in [0.29, 0.717) is 16.5 Å². The molecule has 0 aliphatic rings. The number of benzene rings is 1. The molecule has 0 bridgehead atoms. The van der Waals surface area contributed by atoms with Crippen LogP contribution in [0.25, 0.3) is 5.69 Å². The van der Waals surface area contributed by atoms with Crippen LogP contribution in [0.3, 0.4) is 0 Å². The number of carboxylic acids is 1. The number of nitrogens with zero attached hydrogens (tertiary/aromatic N) is 2. The second kappa shape index (κ2) is 5.80. The van der Waals surface area contributed by atoms with Crippen LogP contribution in [-0.4, -0.2) is 26.4 Å². The minimum absolute atomic E-state index is 0.213. The first-order valence-corrected chi connectivity index (χ1v) is 6.84. The third-order valence-electron chi connectivity index (χ3n) is 2.66. The summed E-state index contributed by atoms with van der Waals surface area (Å²) in [7, 11) is 0. The number of aromatic nitrogens is 2. The Morgan fingerprint density at radius 1 is 1.43 bits per heavy atom. The molecule has 8 heteroatoms. The molecule has 0 saturated heterocycles. The maximum absolute atomic E-state index is 12.8. The molecule has 0 aliphatic carbocycles. The SMILES string of the molecule is Cc1cnc(SCC(=O)O)n1-c1cccc(C(F)(F)F)c1. The Bertz CT molecular complexity index is 668. The molecular weight excluding hydrogens is 305 g/mol. The molecule has 1 aromatic carbocycles. The number of thioether (sulfide) groups is 1. The van der Waals surface area contributed by atoms with E-state index in [2.05, 4.69) is 4.98 Å². The van der Waals surface area contributed by atoms with Gasteiger partial charge in [-0.2, -0.15) is 13.2 Å². The predicted molar refractivity (Wildman–Crippen MR) is 71.7 cm³/mol. The maximum Gasteiger partial charge on any atom is 0.416 e. The van der Waals surface area contributed by atoms with Gasteiger partial charge in [0.2, 0.25) is 0 Å². The first-order valence-electron chi connectivity index (χ1n) is 5.85. The van der Waals surface area contributed by atoms with Crippen LogP contribution < -0.4 is 0 Å². The standard InChI is InChI=1S/C13H11F3N2O2S/c1-8-6-17-12(21-7-11(19)20)18(8)10-4-2-3-9(5-10)13(14,15)16/h2-6H,7H2,1H3,(H,19,20). The van der Waals surface area contributed by atoms with Crippen LogP contribution >= 0.6 is 11.8 Å². The Balaban J connectivity index is 2.42. The Labute approximate surface area is 122 Å². The molecular formula is C13H11F3N2O2S. The lowest BCUT2D eigenvalue weighted by Gasteiger charge is -2.12. The summed E-state index contributed by atoms with van der Waals surface area (Å²) >= 11 is 0.955. The van der Waals surface area contributed by atoms with E-state index in [9.17, 15) is 18.0 Å². The van der Waals surface area contributed by atoms with Crippen molar-refractivity contribution in [1.82, 2.24) is 9.55 Å². The van der Waals surface area contributed by atoms with Crippen molar-refractivity contribution < 1.29 is 23.1 Å². The summed E-state index contributed by atoms with van der Waals surface area (Å²) in [4.78, 5) is 14.6. The number of rotatable bonds is 4. The van der Waals surface area contributed by atoms with Crippen molar-refractivity contribution in [2.45, 2.75) is 18.3 Å². The first kappa shape index (κ1) is 15.4. The fourth-order valence-electron chi connectivity index (χ4n) is 1.78. The van der Waals surface area contributed by atoms with Crippen molar-refractivity contribution in [2.24, 2.45) is 0 Å². The van der Waals surface area contributed by atoms with Crippen molar-refractivity contribution in [3.63, 3.8) is 0 Å². The average Bonchev–Trinajstić information content (AvgIpc) is 2.76. The lowest BCUT2D eigenvalue weighted by Crippen LogP contribution is -2.07. The van der Waals surface area contributed by atoms with Gasteiger partial charge in [-0.05, 0) is 25.1 Å². The Morgan fingerprint density at radius 3 is 2.76 bits per heavy atom. The van der Waals surface area contributed by atoms with Crippen LogP contribution in [0.2, 0.25) is 0 Å². The zero-order chi connectivity index (χ0) is 15.6. The number of alkyl halides is 3. The zero-order valence-corrected chi connectivity index (χ0v) is 11.7. The highest BCUT2D eigenvalue weighted by Crippen LogP contribution is 2.31. The van der Waals surface area contributed by atoms with Crippen LogP contribution in [0.1, 0.15) is 11.3 Å². The van der Waals surface area contributed by atoms with E-state index in [1.54, 1.807) is 6.92 Å². The lowest BCUT2D eigenvalue weighted by molar-refractivity contribution is -0.137. The molecule has 0 fully saturated rings. The Kier molecular flexibility index (Phi) is 4.26. The molecule has 1 heterocycles. The van der Waals surface area contributed by atoms with Crippen molar-refractivity contribution in [2.75, 3.05) is 5.75 Å². The molecule has 1 aromatic heterocycles. The van der Waals surface area contributed by atoms with Gasteiger partial charge in [0.05, 0.1) is 11.3 Å². The van der Waals surface area contributed by atoms with E-state index in [0.717, 1.165) is 23.9 Å². The summed E-state index contributed by atoms with van der Waals surface area (Å²) in [6.45, 7) is 1.69. The molecule has 0 aliphatic heterocycles. The highest BCUT2D eigenvalue weighted by atomic mass is 32.2. The highest BCUT2D eigenvalue weighted by Gasteiger charge is 2.30. The molecule has 0 saturated carbocycles. The van der Waals surface area contributed by atoms with Gasteiger partial charge in [-0.3, -0.25) is 9.36 Å². The number of hydrogen-bond acceptors (Lipinski definition) is 3. The highest BCUT2D eigenvalue weighted by molar-refractivity contribution is 7.99. The monoisotopic (exact) mass is 316 g/mol. The van der Waals surface area contributed by atoms with Gasteiger partial charge in [0, 0.05) is 17.6 Å². The molecule has 0 unspecified atom stereocenters. The van der Waals surface area contributed by atoms with E-state index < -0.39 is 17.7 Å². The number of carboxylic acid groups (broad SMARTS) is 1. The average molecular weight is 316 g/mol. The van der Waals surface area contributed by atoms with Gasteiger partial charge in [-0.25, -0.2) is 4.98 Å². The van der Waals surface area contributed by atoms with Gasteiger partial charge in [0.25, 0.3) is 0 Å². The molecule has 0 spiro atoms. The number of aliphatic carboxylic acids is 1. The summed E-state index contributed by atoms with van der Waals surface area (Å²) in [5.74, 6) is -1.23. The van der Waals surface area contributed by atoms with E-state index in [1.807, 2.05) is 0 Å². The summed E-state index contributed by atoms with van der Waals surface area (Å²) in [5.41, 5.74) is 0.164. The molecule has 21 heavy (non-hydrogen) atoms. The number of halogens is 3. The van der Waals surface area contributed by atoms with E-state index in [-0.39, 0.29) is 5.75 Å². The number of carbonyl (C=O) groups is 1. The van der Waals surface area contributed by atoms with Gasteiger partial charge in [0.15, 0.2) is 5.16 Å². The third kappa shape index (κ3) is 3.57. The van der Waals surface area contributed by atoms with Gasteiger partial charge < -0.3 is 5.11 Å². The van der Waals surface area contributed by atoms with E-state index in [1.165, 1.54) is 22.9 Å². The first-order chi connectivity index (χ1) is 9.79. The lowest BCUT2D eigenvalue weighted by atomic mass is 10.2. The fourth-order valence-corrected chi connectivity index (χ4v) is 2.54. The smallest absolute Gasteiger partial charge is 0.416 e. The second-order valence-corrected chi connectivity index (χ2v) is 5.19. The molecule has 2 rings (SSSR count). The van der Waals surface area contributed by atoms with Crippen molar-refractivity contribution in [1.29, 1.82) is 0 Å². The van der Waals surface area contributed by atoms with E-state index in [4.69, 9.17) is 5.11 Å². The molecule has 0 atom stereocenters. The van der Waals surface area contributed by atoms with Crippen LogP contribution in [0.5, 0.6) is 0 Å². The Morgan fingerprint density at radius 2 is 2.14 bits per heavy atom. The van der Waals surface area contributed by atoms with Crippen LogP contribution in [0.15, 0.2) is 35.6 Å². The zero-order valence-electron chi connectivity index (χ0n) is 10.9. The van der Waals surface area contributed by atoms with E-state index >= 15 is 0 Å². The van der Waals surface area contributed by atoms with Crippen molar-refractivity contribution in [3.05, 3.63) is 41.7 Å². The van der Waals surface area contributed by atoms with Gasteiger partial charge in [-0.1, -0.05) is 17.8 Å². The maximum atomic E-state index is 12.8. The second-order valence-electron chi connectivity index (χ2n) is 4.25. The largest absolute Gasteiger partial charge is 0.481 e. The summed E-state index contributed by atoms with van der Waals surface area (Å²) in [5, 5.41) is 9.03. The molecule has 1 N–H and O–H groups in total. The molecule has 2 aromatic rings. The van der Waals surface area contributed by atoms with Crippen LogP contribution in [-0.2, 0) is 11.0 Å². The molecule has 112 valence electrons. The van der Waals surface area contributed by atoms with Gasteiger partial charge >= 0.3 is 12.1 Å². The molecule has 0 radical (unpaired) electrons. The van der Waals surface area contributed by atoms with Crippen molar-refractivity contribution in [3.8, 4) is 5.69 Å². The summed E-state index contributed by atoms with van der Waals surface area (Å²) in [6.07, 6.45) is -2.94. The van der Waals surface area contributed by atoms with Crippen molar-refractivity contribution >= 4 is 17.7 Å². The predicted octanol–water partition coefficient (Wildman–Crippen LogP) is 3.38. The fraction of sp³-hybridized carbons (Fsp3) is 0.231. The van der Waals surface area contributed by atoms with Crippen LogP contribution in [0, 0.1) is 6.92 Å². The normalized spacial score (nSPS) is 11.6. The minimum atomic E-state index is -4.43. The third-order valence-corrected chi connectivity index (χ3v) is 3.60. The van der Waals surface area contributed by atoms with Gasteiger partial charge in [-0.15, -0.1) is 0 Å². The summed E-state index contributed by atoms with van der Waals surface area (Å²) in [6, 6.07) is 4.83. The topological polar surface area (TPSA) is 55.1 Å².